The van der Waals surface area contributed by atoms with Crippen LogP contribution in [0, 0.1) is 6.92 Å². The topological polar surface area (TPSA) is 53.1 Å². The lowest BCUT2D eigenvalue weighted by atomic mass is 10.2. The van der Waals surface area contributed by atoms with E-state index in [0.29, 0.717) is 5.95 Å². The predicted octanol–water partition coefficient (Wildman–Crippen LogP) is 3.32. The van der Waals surface area contributed by atoms with Gasteiger partial charge in [0.05, 0.1) is 17.2 Å². The molecule has 0 bridgehead atoms. The van der Waals surface area contributed by atoms with Crippen molar-refractivity contribution in [3.05, 3.63) is 59.7 Å². The van der Waals surface area contributed by atoms with Gasteiger partial charge in [0, 0.05) is 0 Å². The first-order valence-electron chi connectivity index (χ1n) is 6.12. The third kappa shape index (κ3) is 2.63. The summed E-state index contributed by atoms with van der Waals surface area (Å²) < 4.78 is 0. The van der Waals surface area contributed by atoms with E-state index in [1.807, 2.05) is 36.4 Å². The summed E-state index contributed by atoms with van der Waals surface area (Å²) in [5.41, 5.74) is 7.10. The van der Waals surface area contributed by atoms with E-state index in [1.165, 1.54) is 5.56 Å². The maximum Gasteiger partial charge on any atom is 0.222 e. The van der Waals surface area contributed by atoms with E-state index in [0.717, 1.165) is 16.6 Å². The summed E-state index contributed by atoms with van der Waals surface area (Å²) in [5, 5.41) is 4.18. The zero-order valence-corrected chi connectivity index (χ0v) is 10.6. The van der Waals surface area contributed by atoms with Gasteiger partial charge in [-0.15, -0.1) is 0 Å². The van der Waals surface area contributed by atoms with Gasteiger partial charge in [-0.3, -0.25) is 0 Å². The molecule has 0 amide bonds. The van der Waals surface area contributed by atoms with Crippen LogP contribution >= 0.6 is 0 Å². The third-order valence-electron chi connectivity index (χ3n) is 2.82. The van der Waals surface area contributed by atoms with Crippen LogP contribution in [0.5, 0.6) is 0 Å². The van der Waals surface area contributed by atoms with E-state index in [9.17, 15) is 0 Å². The summed E-state index contributed by atoms with van der Waals surface area (Å²) in [7, 11) is 0. The molecule has 0 saturated heterocycles. The molecular weight excluding hydrogens is 236 g/mol. The van der Waals surface area contributed by atoms with Crippen LogP contribution in [0.25, 0.3) is 11.0 Å². The molecule has 2 N–H and O–H groups in total. The highest BCUT2D eigenvalue weighted by atomic mass is 15.3. The van der Waals surface area contributed by atoms with Gasteiger partial charge in [0.25, 0.3) is 0 Å². The summed E-state index contributed by atoms with van der Waals surface area (Å²) in [6.07, 6.45) is 1.78. The number of aryl methyl sites for hydroxylation is 1. The number of hydrogen-bond acceptors (Lipinski definition) is 3. The largest absolute Gasteiger partial charge is 0.323 e. The average Bonchev–Trinajstić information content (AvgIpc) is 2.81. The standard InChI is InChI=1S/C15H14N4/c1-11-5-4-6-12(9-11)10-16-19-15-17-13-7-2-3-8-14(13)18-15/h2-10H,1H3,(H2,17,18,19)/b16-10-. The van der Waals surface area contributed by atoms with Crippen molar-refractivity contribution in [1.29, 1.82) is 0 Å². The van der Waals surface area contributed by atoms with Crippen LogP contribution in [-0.2, 0) is 0 Å². The van der Waals surface area contributed by atoms with Crippen LogP contribution in [-0.4, -0.2) is 16.2 Å². The summed E-state index contributed by atoms with van der Waals surface area (Å²) in [5.74, 6) is 0.644. The number of benzene rings is 2. The van der Waals surface area contributed by atoms with E-state index < -0.39 is 0 Å². The highest BCUT2D eigenvalue weighted by molar-refractivity contribution is 5.81. The summed E-state index contributed by atoms with van der Waals surface area (Å²) in [6, 6.07) is 16.0. The first kappa shape index (κ1) is 11.5. The van der Waals surface area contributed by atoms with Gasteiger partial charge >= 0.3 is 0 Å². The molecule has 0 spiro atoms. The van der Waals surface area contributed by atoms with Crippen molar-refractivity contribution in [3.8, 4) is 0 Å². The average molecular weight is 250 g/mol. The fourth-order valence-corrected chi connectivity index (χ4v) is 1.92. The van der Waals surface area contributed by atoms with Crippen molar-refractivity contribution in [1.82, 2.24) is 9.97 Å². The molecule has 3 rings (SSSR count). The lowest BCUT2D eigenvalue weighted by Gasteiger charge is -1.96. The number of aromatic nitrogens is 2. The number of aromatic amines is 1. The number of anilines is 1. The molecule has 0 aliphatic heterocycles. The Kier molecular flexibility index (Phi) is 2.98. The number of hydrazone groups is 1. The van der Waals surface area contributed by atoms with Crippen molar-refractivity contribution < 1.29 is 0 Å². The Morgan fingerprint density at radius 3 is 2.89 bits per heavy atom. The number of nitrogens with one attached hydrogen (secondary N) is 2. The van der Waals surface area contributed by atoms with Crippen molar-refractivity contribution in [2.24, 2.45) is 5.10 Å². The fourth-order valence-electron chi connectivity index (χ4n) is 1.92. The molecule has 0 aliphatic rings. The quantitative estimate of drug-likeness (QED) is 0.553. The minimum atomic E-state index is 0.644. The van der Waals surface area contributed by atoms with Crippen LogP contribution in [0.15, 0.2) is 53.6 Å². The zero-order chi connectivity index (χ0) is 13.1. The molecule has 1 aromatic heterocycles. The van der Waals surface area contributed by atoms with E-state index in [4.69, 9.17) is 0 Å². The molecule has 0 aliphatic carbocycles. The molecule has 19 heavy (non-hydrogen) atoms. The third-order valence-corrected chi connectivity index (χ3v) is 2.82. The molecule has 0 atom stereocenters. The second-order valence-corrected chi connectivity index (χ2v) is 4.39. The van der Waals surface area contributed by atoms with Crippen molar-refractivity contribution in [2.45, 2.75) is 6.92 Å². The molecule has 4 nitrogen and oxygen atoms in total. The van der Waals surface area contributed by atoms with Gasteiger partial charge < -0.3 is 4.98 Å². The Balaban J connectivity index is 1.75. The number of nitrogens with zero attached hydrogens (tertiary/aromatic N) is 2. The summed E-state index contributed by atoms with van der Waals surface area (Å²) >= 11 is 0. The van der Waals surface area contributed by atoms with Crippen LogP contribution in [0.4, 0.5) is 5.95 Å². The summed E-state index contributed by atoms with van der Waals surface area (Å²) in [4.78, 5) is 7.54. The van der Waals surface area contributed by atoms with Gasteiger partial charge in [-0.25, -0.2) is 10.4 Å². The minimum absolute atomic E-state index is 0.644. The lowest BCUT2D eigenvalue weighted by Crippen LogP contribution is -1.92. The molecule has 1 heterocycles. The monoisotopic (exact) mass is 250 g/mol. The maximum absolute atomic E-state index is 4.38. The molecule has 0 saturated carbocycles. The van der Waals surface area contributed by atoms with Gasteiger partial charge in [0.1, 0.15) is 0 Å². The number of imidazole rings is 1. The highest BCUT2D eigenvalue weighted by Crippen LogP contribution is 2.13. The van der Waals surface area contributed by atoms with Gasteiger partial charge in [-0.05, 0) is 24.6 Å². The first-order valence-corrected chi connectivity index (χ1v) is 6.12. The lowest BCUT2D eigenvalue weighted by molar-refractivity contribution is 1.21. The normalized spacial score (nSPS) is 11.2. The maximum atomic E-state index is 4.38. The predicted molar refractivity (Wildman–Crippen MR) is 78.5 cm³/mol. The van der Waals surface area contributed by atoms with E-state index in [-0.39, 0.29) is 0 Å². The minimum Gasteiger partial charge on any atom is -0.323 e. The number of hydrogen-bond donors (Lipinski definition) is 2. The first-order chi connectivity index (χ1) is 9.31. The molecular formula is C15H14N4. The second-order valence-electron chi connectivity index (χ2n) is 4.39. The second kappa shape index (κ2) is 4.94. The Morgan fingerprint density at radius 1 is 1.16 bits per heavy atom. The fraction of sp³-hybridized carbons (Fsp3) is 0.0667. The molecule has 2 aromatic carbocycles. The zero-order valence-electron chi connectivity index (χ0n) is 10.6. The number of rotatable bonds is 3. The van der Waals surface area contributed by atoms with Crippen molar-refractivity contribution >= 4 is 23.2 Å². The molecule has 4 heteroatoms. The van der Waals surface area contributed by atoms with E-state index in [1.54, 1.807) is 6.21 Å². The van der Waals surface area contributed by atoms with Gasteiger partial charge in [0.2, 0.25) is 5.95 Å². The smallest absolute Gasteiger partial charge is 0.222 e. The van der Waals surface area contributed by atoms with E-state index >= 15 is 0 Å². The molecule has 0 radical (unpaired) electrons. The Hall–Kier alpha value is -2.62. The van der Waals surface area contributed by atoms with Crippen LogP contribution in [0.3, 0.4) is 0 Å². The number of para-hydroxylation sites is 2. The molecule has 0 fully saturated rings. The Bertz CT molecular complexity index is 695. The van der Waals surface area contributed by atoms with Crippen LogP contribution in [0.1, 0.15) is 11.1 Å². The van der Waals surface area contributed by atoms with Crippen LogP contribution < -0.4 is 5.43 Å². The number of H-pyrrole nitrogens is 1. The van der Waals surface area contributed by atoms with Crippen molar-refractivity contribution in [3.63, 3.8) is 0 Å². The molecule has 3 aromatic rings. The summed E-state index contributed by atoms with van der Waals surface area (Å²) in [6.45, 7) is 2.06. The number of fused-ring (bicyclic) bond motifs is 1. The SMILES string of the molecule is Cc1cccc(/C=N\Nc2nc3ccccc3[nH]2)c1. The van der Waals surface area contributed by atoms with Gasteiger partial charge in [-0.1, -0.05) is 42.0 Å². The van der Waals surface area contributed by atoms with Gasteiger partial charge in [0.15, 0.2) is 0 Å². The molecule has 0 unspecified atom stereocenters. The van der Waals surface area contributed by atoms with Gasteiger partial charge in [-0.2, -0.15) is 5.10 Å². The van der Waals surface area contributed by atoms with Crippen LogP contribution in [0.2, 0.25) is 0 Å². The van der Waals surface area contributed by atoms with E-state index in [2.05, 4.69) is 39.6 Å². The molecule has 94 valence electrons. The van der Waals surface area contributed by atoms with Crippen molar-refractivity contribution in [2.75, 3.05) is 5.43 Å². The highest BCUT2D eigenvalue weighted by Gasteiger charge is 1.99. The Morgan fingerprint density at radius 2 is 2.05 bits per heavy atom. The Labute approximate surface area is 111 Å².